The number of aliphatic carboxylic acids is 1. The lowest BCUT2D eigenvalue weighted by Gasteiger charge is -2.18. The smallest absolute Gasteiger partial charge is 0.313 e. The highest BCUT2D eigenvalue weighted by Crippen LogP contribution is 2.24. The lowest BCUT2D eigenvalue weighted by Crippen LogP contribution is -2.10. The van der Waals surface area contributed by atoms with E-state index in [1.54, 1.807) is 6.33 Å². The summed E-state index contributed by atoms with van der Waals surface area (Å²) in [5, 5.41) is 17.1. The fraction of sp³-hybridized carbons (Fsp3) is 0.727. The molecule has 1 heterocycles. The first-order valence-corrected chi connectivity index (χ1v) is 6.77. The summed E-state index contributed by atoms with van der Waals surface area (Å²) in [4.78, 5) is 10.5. The first-order valence-electron chi connectivity index (χ1n) is 5.78. The Morgan fingerprint density at radius 2 is 2.29 bits per heavy atom. The molecule has 17 heavy (non-hydrogen) atoms. The molecular weight excluding hydrogens is 238 g/mol. The second kappa shape index (κ2) is 6.64. The Morgan fingerprint density at radius 3 is 2.88 bits per heavy atom. The van der Waals surface area contributed by atoms with Gasteiger partial charge in [-0.25, -0.2) is 0 Å². The Balaban J connectivity index is 2.63. The van der Waals surface area contributed by atoms with Crippen LogP contribution in [-0.2, 0) is 4.79 Å². The molecule has 0 radical (unpaired) electrons. The molecule has 6 heteroatoms. The third-order valence-electron chi connectivity index (χ3n) is 2.78. The van der Waals surface area contributed by atoms with Gasteiger partial charge in [0.1, 0.15) is 6.33 Å². The molecule has 1 rings (SSSR count). The van der Waals surface area contributed by atoms with Crippen LogP contribution in [0.25, 0.3) is 0 Å². The lowest BCUT2D eigenvalue weighted by molar-refractivity contribution is -0.133. The van der Waals surface area contributed by atoms with Crippen LogP contribution in [0, 0.1) is 5.92 Å². The van der Waals surface area contributed by atoms with E-state index >= 15 is 0 Å². The third kappa shape index (κ3) is 4.38. The summed E-state index contributed by atoms with van der Waals surface area (Å²) in [7, 11) is 0. The second-order valence-electron chi connectivity index (χ2n) is 4.30. The molecule has 0 aromatic carbocycles. The van der Waals surface area contributed by atoms with E-state index in [9.17, 15) is 4.79 Å². The van der Waals surface area contributed by atoms with E-state index < -0.39 is 5.97 Å². The van der Waals surface area contributed by atoms with Crippen molar-refractivity contribution < 1.29 is 9.90 Å². The number of hydrogen-bond donors (Lipinski definition) is 1. The number of hydrogen-bond acceptors (Lipinski definition) is 4. The highest BCUT2D eigenvalue weighted by molar-refractivity contribution is 7.99. The number of nitrogens with zero attached hydrogens (tertiary/aromatic N) is 3. The number of aromatic nitrogens is 3. The van der Waals surface area contributed by atoms with Crippen molar-refractivity contribution in [2.24, 2.45) is 5.92 Å². The van der Waals surface area contributed by atoms with Crippen LogP contribution in [0.15, 0.2) is 11.5 Å². The van der Waals surface area contributed by atoms with Crippen LogP contribution < -0.4 is 0 Å². The molecule has 0 bridgehead atoms. The van der Waals surface area contributed by atoms with Gasteiger partial charge < -0.3 is 9.67 Å². The maximum Gasteiger partial charge on any atom is 0.313 e. The molecule has 0 amide bonds. The van der Waals surface area contributed by atoms with Gasteiger partial charge in [0.05, 0.1) is 5.75 Å². The van der Waals surface area contributed by atoms with Crippen molar-refractivity contribution in [3.63, 3.8) is 0 Å². The van der Waals surface area contributed by atoms with Crippen LogP contribution in [0.4, 0.5) is 0 Å². The quantitative estimate of drug-likeness (QED) is 0.760. The van der Waals surface area contributed by atoms with E-state index in [0.717, 1.165) is 12.8 Å². The Kier molecular flexibility index (Phi) is 5.47. The van der Waals surface area contributed by atoms with Crippen LogP contribution in [0.3, 0.4) is 0 Å². The highest BCUT2D eigenvalue weighted by atomic mass is 32.2. The Morgan fingerprint density at radius 1 is 1.59 bits per heavy atom. The summed E-state index contributed by atoms with van der Waals surface area (Å²) in [6.07, 6.45) is 3.87. The monoisotopic (exact) mass is 257 g/mol. The second-order valence-corrected chi connectivity index (χ2v) is 5.24. The highest BCUT2D eigenvalue weighted by Gasteiger charge is 2.14. The molecule has 0 spiro atoms. The Labute approximate surface area is 106 Å². The van der Waals surface area contributed by atoms with Gasteiger partial charge in [-0.3, -0.25) is 4.79 Å². The normalized spacial score (nSPS) is 14.5. The average molecular weight is 257 g/mol. The van der Waals surface area contributed by atoms with E-state index in [-0.39, 0.29) is 5.75 Å². The third-order valence-corrected chi connectivity index (χ3v) is 3.72. The van der Waals surface area contributed by atoms with Gasteiger partial charge in [-0.1, -0.05) is 32.0 Å². The molecule has 96 valence electrons. The summed E-state index contributed by atoms with van der Waals surface area (Å²) in [5.41, 5.74) is 0. The number of carboxylic acids is 1. The molecule has 0 aliphatic heterocycles. The molecule has 1 aromatic heterocycles. The predicted molar refractivity (Wildman–Crippen MR) is 67.2 cm³/mol. The number of carboxylic acid groups (broad SMARTS) is 1. The molecule has 1 aromatic rings. The van der Waals surface area contributed by atoms with Crippen LogP contribution in [0.1, 0.15) is 39.7 Å². The van der Waals surface area contributed by atoms with E-state index in [2.05, 4.69) is 31.0 Å². The first-order chi connectivity index (χ1) is 8.04. The number of carbonyl (C=O) groups is 1. The van der Waals surface area contributed by atoms with Crippen molar-refractivity contribution in [3.05, 3.63) is 6.33 Å². The van der Waals surface area contributed by atoms with Crippen molar-refractivity contribution >= 4 is 17.7 Å². The minimum absolute atomic E-state index is 0.0226. The van der Waals surface area contributed by atoms with Crippen LogP contribution in [0.2, 0.25) is 0 Å². The maximum absolute atomic E-state index is 10.5. The minimum atomic E-state index is -0.834. The summed E-state index contributed by atoms with van der Waals surface area (Å²) in [5.74, 6) is -0.168. The molecule has 2 atom stereocenters. The molecular formula is C11H19N3O2S. The number of rotatable bonds is 7. The maximum atomic E-state index is 10.5. The summed E-state index contributed by atoms with van der Waals surface area (Å²) in [6, 6.07) is 0.302. The molecule has 0 aliphatic carbocycles. The first kappa shape index (κ1) is 14.0. The van der Waals surface area contributed by atoms with Crippen molar-refractivity contribution in [1.29, 1.82) is 0 Å². The Bertz CT molecular complexity index is 367. The van der Waals surface area contributed by atoms with Crippen LogP contribution >= 0.6 is 11.8 Å². The zero-order valence-corrected chi connectivity index (χ0v) is 11.3. The zero-order valence-electron chi connectivity index (χ0n) is 10.5. The van der Waals surface area contributed by atoms with Crippen LogP contribution in [0.5, 0.6) is 0 Å². The lowest BCUT2D eigenvalue weighted by atomic mass is 10.0. The van der Waals surface area contributed by atoms with Gasteiger partial charge in [0.2, 0.25) is 0 Å². The molecule has 1 N–H and O–H groups in total. The zero-order chi connectivity index (χ0) is 12.8. The van der Waals surface area contributed by atoms with Gasteiger partial charge in [0, 0.05) is 6.04 Å². The summed E-state index contributed by atoms with van der Waals surface area (Å²) < 4.78 is 1.96. The van der Waals surface area contributed by atoms with Gasteiger partial charge in [-0.05, 0) is 19.3 Å². The fourth-order valence-electron chi connectivity index (χ4n) is 1.63. The topological polar surface area (TPSA) is 68.0 Å². The van der Waals surface area contributed by atoms with Gasteiger partial charge in [-0.2, -0.15) is 0 Å². The molecule has 5 nitrogen and oxygen atoms in total. The predicted octanol–water partition coefficient (Wildman–Crippen LogP) is 2.45. The van der Waals surface area contributed by atoms with Crippen molar-refractivity contribution in [2.45, 2.75) is 44.8 Å². The largest absolute Gasteiger partial charge is 0.481 e. The molecule has 0 saturated carbocycles. The van der Waals surface area contributed by atoms with Crippen molar-refractivity contribution in [1.82, 2.24) is 14.8 Å². The molecule has 0 saturated heterocycles. The van der Waals surface area contributed by atoms with Gasteiger partial charge in [0.25, 0.3) is 0 Å². The molecule has 0 fully saturated rings. The Hall–Kier alpha value is -1.04. The fourth-order valence-corrected chi connectivity index (χ4v) is 2.36. The van der Waals surface area contributed by atoms with Gasteiger partial charge >= 0.3 is 5.97 Å². The van der Waals surface area contributed by atoms with Crippen molar-refractivity contribution in [3.8, 4) is 0 Å². The minimum Gasteiger partial charge on any atom is -0.481 e. The average Bonchev–Trinajstić information content (AvgIpc) is 2.74. The van der Waals surface area contributed by atoms with E-state index in [1.165, 1.54) is 11.8 Å². The van der Waals surface area contributed by atoms with Crippen LogP contribution in [-0.4, -0.2) is 31.6 Å². The SMILES string of the molecule is CCC(C)CC(C)n1cnnc1SCC(=O)O. The van der Waals surface area contributed by atoms with E-state index in [1.807, 2.05) is 4.57 Å². The van der Waals surface area contributed by atoms with E-state index in [0.29, 0.717) is 17.1 Å². The standard InChI is InChI=1S/C11H19N3O2S/c1-4-8(2)5-9(3)14-7-12-13-11(14)17-6-10(15)16/h7-9H,4-6H2,1-3H3,(H,15,16). The number of thioether (sulfide) groups is 1. The van der Waals surface area contributed by atoms with Crippen molar-refractivity contribution in [2.75, 3.05) is 5.75 Å². The van der Waals surface area contributed by atoms with Gasteiger partial charge in [0.15, 0.2) is 5.16 Å². The summed E-state index contributed by atoms with van der Waals surface area (Å²) in [6.45, 7) is 6.49. The van der Waals surface area contributed by atoms with Gasteiger partial charge in [-0.15, -0.1) is 10.2 Å². The summed E-state index contributed by atoms with van der Waals surface area (Å²) >= 11 is 1.21. The molecule has 0 aliphatic rings. The molecule has 2 unspecified atom stereocenters. The van der Waals surface area contributed by atoms with E-state index in [4.69, 9.17) is 5.11 Å².